The quantitative estimate of drug-likeness (QED) is 0.779. The van der Waals surface area contributed by atoms with E-state index in [1.165, 1.54) is 5.56 Å². The van der Waals surface area contributed by atoms with Gasteiger partial charge in [-0.2, -0.15) is 0 Å². The van der Waals surface area contributed by atoms with Crippen LogP contribution < -0.4 is 10.1 Å². The molecule has 0 amide bonds. The van der Waals surface area contributed by atoms with E-state index in [-0.39, 0.29) is 6.61 Å². The van der Waals surface area contributed by atoms with E-state index in [1.54, 1.807) is 6.20 Å². The third-order valence-corrected chi connectivity index (χ3v) is 3.07. The molecule has 0 saturated heterocycles. The second-order valence-corrected chi connectivity index (χ2v) is 4.96. The first-order chi connectivity index (χ1) is 10.2. The molecule has 1 aromatic carbocycles. The number of aryl methyl sites for hydroxylation is 2. The van der Waals surface area contributed by atoms with Crippen molar-refractivity contribution in [1.82, 2.24) is 10.3 Å². The largest absolute Gasteiger partial charge is 0.491 e. The fourth-order valence-corrected chi connectivity index (χ4v) is 1.94. The Morgan fingerprint density at radius 3 is 3.00 bits per heavy atom. The molecule has 2 N–H and O–H groups in total. The van der Waals surface area contributed by atoms with Crippen molar-refractivity contribution in [2.45, 2.75) is 32.9 Å². The molecule has 114 valence electrons. The van der Waals surface area contributed by atoms with Gasteiger partial charge in [0.05, 0.1) is 12.7 Å². The molecule has 2 rings (SSSR count). The lowest BCUT2D eigenvalue weighted by atomic mass is 10.2. The van der Waals surface area contributed by atoms with Crippen molar-refractivity contribution in [3.8, 4) is 5.75 Å². The second-order valence-electron chi connectivity index (χ2n) is 4.96. The highest BCUT2D eigenvalue weighted by Crippen LogP contribution is 2.13. The molecule has 1 atom stereocenters. The molecule has 0 aliphatic carbocycles. The second kappa shape index (κ2) is 7.81. The minimum Gasteiger partial charge on any atom is -0.491 e. The number of aliphatic hydroxyl groups is 1. The normalized spacial score (nSPS) is 12.3. The summed E-state index contributed by atoms with van der Waals surface area (Å²) < 4.78 is 10.9. The van der Waals surface area contributed by atoms with Crippen LogP contribution in [0.15, 0.2) is 34.9 Å². The number of hydrogen-bond donors (Lipinski definition) is 2. The lowest BCUT2D eigenvalue weighted by Gasteiger charge is -2.13. The number of oxazole rings is 1. The highest BCUT2D eigenvalue weighted by molar-refractivity contribution is 5.28. The summed E-state index contributed by atoms with van der Waals surface area (Å²) in [4.78, 5) is 4.08. The van der Waals surface area contributed by atoms with E-state index in [9.17, 15) is 5.11 Å². The third kappa shape index (κ3) is 5.21. The smallest absolute Gasteiger partial charge is 0.208 e. The van der Waals surface area contributed by atoms with Crippen LogP contribution in [0.2, 0.25) is 0 Å². The van der Waals surface area contributed by atoms with Gasteiger partial charge in [-0.25, -0.2) is 4.98 Å². The van der Waals surface area contributed by atoms with Crippen LogP contribution >= 0.6 is 0 Å². The van der Waals surface area contributed by atoms with Gasteiger partial charge in [0.15, 0.2) is 0 Å². The van der Waals surface area contributed by atoms with Crippen LogP contribution in [0.3, 0.4) is 0 Å². The first kappa shape index (κ1) is 15.5. The van der Waals surface area contributed by atoms with Crippen molar-refractivity contribution in [3.63, 3.8) is 0 Å². The van der Waals surface area contributed by atoms with E-state index < -0.39 is 6.10 Å². The van der Waals surface area contributed by atoms with Crippen molar-refractivity contribution in [3.05, 3.63) is 47.7 Å². The average Bonchev–Trinajstić information content (AvgIpc) is 2.91. The van der Waals surface area contributed by atoms with Crippen LogP contribution in [0.5, 0.6) is 5.75 Å². The summed E-state index contributed by atoms with van der Waals surface area (Å²) in [5.41, 5.74) is 1.22. The SMILES string of the molecule is CCc1cccc(OCC(O)CNCc2ncc(C)o2)c1. The van der Waals surface area contributed by atoms with Crippen molar-refractivity contribution >= 4 is 0 Å². The third-order valence-electron chi connectivity index (χ3n) is 3.07. The number of aliphatic hydroxyl groups excluding tert-OH is 1. The van der Waals surface area contributed by atoms with Crippen LogP contribution in [-0.4, -0.2) is 29.3 Å². The average molecular weight is 290 g/mol. The van der Waals surface area contributed by atoms with Gasteiger partial charge in [0, 0.05) is 6.54 Å². The summed E-state index contributed by atoms with van der Waals surface area (Å²) in [7, 11) is 0. The molecule has 1 unspecified atom stereocenters. The van der Waals surface area contributed by atoms with E-state index in [0.29, 0.717) is 19.0 Å². The molecule has 0 spiro atoms. The highest BCUT2D eigenvalue weighted by atomic mass is 16.5. The Morgan fingerprint density at radius 1 is 1.43 bits per heavy atom. The zero-order chi connectivity index (χ0) is 15.1. The van der Waals surface area contributed by atoms with E-state index in [0.717, 1.165) is 17.9 Å². The number of ether oxygens (including phenoxy) is 1. The lowest BCUT2D eigenvalue weighted by Crippen LogP contribution is -2.31. The molecular weight excluding hydrogens is 268 g/mol. The summed E-state index contributed by atoms with van der Waals surface area (Å²) in [5, 5.41) is 13.0. The molecule has 0 radical (unpaired) electrons. The topological polar surface area (TPSA) is 67.5 Å². The van der Waals surface area contributed by atoms with Gasteiger partial charge >= 0.3 is 0 Å². The van der Waals surface area contributed by atoms with E-state index >= 15 is 0 Å². The maximum absolute atomic E-state index is 9.88. The zero-order valence-corrected chi connectivity index (χ0v) is 12.5. The maximum Gasteiger partial charge on any atom is 0.208 e. The van der Waals surface area contributed by atoms with Crippen molar-refractivity contribution in [2.24, 2.45) is 0 Å². The van der Waals surface area contributed by atoms with Gasteiger partial charge in [0.25, 0.3) is 0 Å². The summed E-state index contributed by atoms with van der Waals surface area (Å²) in [6.07, 6.45) is 2.07. The van der Waals surface area contributed by atoms with Gasteiger partial charge in [0.1, 0.15) is 24.2 Å². The van der Waals surface area contributed by atoms with Crippen LogP contribution in [0.4, 0.5) is 0 Å². The molecule has 5 nitrogen and oxygen atoms in total. The molecule has 1 aromatic heterocycles. The van der Waals surface area contributed by atoms with Crippen molar-refractivity contribution in [1.29, 1.82) is 0 Å². The number of aromatic nitrogens is 1. The highest BCUT2D eigenvalue weighted by Gasteiger charge is 2.07. The number of hydrogen-bond acceptors (Lipinski definition) is 5. The van der Waals surface area contributed by atoms with Crippen LogP contribution in [-0.2, 0) is 13.0 Å². The summed E-state index contributed by atoms with van der Waals surface area (Å²) in [6, 6.07) is 7.91. The Kier molecular flexibility index (Phi) is 5.78. The first-order valence-corrected chi connectivity index (χ1v) is 7.19. The molecule has 1 heterocycles. The number of rotatable bonds is 8. The molecule has 0 aliphatic rings. The molecular formula is C16H22N2O3. The summed E-state index contributed by atoms with van der Waals surface area (Å²) in [5.74, 6) is 2.19. The fraction of sp³-hybridized carbons (Fsp3) is 0.438. The van der Waals surface area contributed by atoms with E-state index in [2.05, 4.69) is 23.3 Å². The minimum atomic E-state index is -0.577. The van der Waals surface area contributed by atoms with Gasteiger partial charge in [0.2, 0.25) is 5.89 Å². The van der Waals surface area contributed by atoms with E-state index in [4.69, 9.17) is 9.15 Å². The number of nitrogens with one attached hydrogen (secondary N) is 1. The molecule has 0 saturated carbocycles. The molecule has 0 bridgehead atoms. The Labute approximate surface area is 125 Å². The molecule has 0 aliphatic heterocycles. The summed E-state index contributed by atoms with van der Waals surface area (Å²) >= 11 is 0. The van der Waals surface area contributed by atoms with Crippen LogP contribution in [0.1, 0.15) is 24.1 Å². The molecule has 0 fully saturated rings. The predicted molar refractivity (Wildman–Crippen MR) is 80.3 cm³/mol. The summed E-state index contributed by atoms with van der Waals surface area (Å²) in [6.45, 7) is 5.13. The van der Waals surface area contributed by atoms with Crippen LogP contribution in [0, 0.1) is 6.92 Å². The van der Waals surface area contributed by atoms with Gasteiger partial charge in [-0.1, -0.05) is 19.1 Å². The van der Waals surface area contributed by atoms with Gasteiger partial charge in [-0.3, -0.25) is 0 Å². The van der Waals surface area contributed by atoms with Gasteiger partial charge < -0.3 is 19.6 Å². The Hall–Kier alpha value is -1.85. The Balaban J connectivity index is 1.68. The predicted octanol–water partition coefficient (Wildman–Crippen LogP) is 2.07. The Morgan fingerprint density at radius 2 is 2.29 bits per heavy atom. The molecule has 21 heavy (non-hydrogen) atoms. The zero-order valence-electron chi connectivity index (χ0n) is 12.5. The Bertz CT molecular complexity index is 554. The number of nitrogens with zero attached hydrogens (tertiary/aromatic N) is 1. The van der Waals surface area contributed by atoms with Crippen molar-refractivity contribution < 1.29 is 14.3 Å². The van der Waals surface area contributed by atoms with Gasteiger partial charge in [-0.05, 0) is 31.0 Å². The number of benzene rings is 1. The minimum absolute atomic E-state index is 0.255. The van der Waals surface area contributed by atoms with Gasteiger partial charge in [-0.15, -0.1) is 0 Å². The first-order valence-electron chi connectivity index (χ1n) is 7.19. The molecule has 5 heteroatoms. The monoisotopic (exact) mass is 290 g/mol. The maximum atomic E-state index is 9.88. The molecule has 2 aromatic rings. The standard InChI is InChI=1S/C16H22N2O3/c1-3-13-5-4-6-15(7-13)20-11-14(19)9-17-10-16-18-8-12(2)21-16/h4-8,14,17,19H,3,9-11H2,1-2H3. The van der Waals surface area contributed by atoms with E-state index in [1.807, 2.05) is 25.1 Å². The van der Waals surface area contributed by atoms with Crippen molar-refractivity contribution in [2.75, 3.05) is 13.2 Å². The lowest BCUT2D eigenvalue weighted by molar-refractivity contribution is 0.105. The fourth-order valence-electron chi connectivity index (χ4n) is 1.94. The van der Waals surface area contributed by atoms with Crippen LogP contribution in [0.25, 0.3) is 0 Å².